The zero-order valence-electron chi connectivity index (χ0n) is 17.2. The first kappa shape index (κ1) is 18.6. The molecule has 2 fully saturated rings. The maximum Gasteiger partial charge on any atom is 0.166 e. The van der Waals surface area contributed by atoms with Gasteiger partial charge in [0, 0.05) is 22.0 Å². The van der Waals surface area contributed by atoms with Gasteiger partial charge in [0.25, 0.3) is 0 Å². The van der Waals surface area contributed by atoms with Crippen LogP contribution in [0.5, 0.6) is 0 Å². The number of rotatable bonds is 2. The lowest BCUT2D eigenvalue weighted by molar-refractivity contribution is 0.0895. The third kappa shape index (κ3) is 3.17. The van der Waals surface area contributed by atoms with Crippen LogP contribution in [0.15, 0.2) is 12.1 Å². The molecule has 1 aliphatic carbocycles. The lowest BCUT2D eigenvalue weighted by atomic mass is 9.62. The van der Waals surface area contributed by atoms with E-state index in [1.165, 1.54) is 48.8 Å². The highest BCUT2D eigenvalue weighted by Gasteiger charge is 2.40. The first-order valence-corrected chi connectivity index (χ1v) is 11.5. The van der Waals surface area contributed by atoms with Crippen LogP contribution in [-0.4, -0.2) is 16.3 Å². The number of aryl methyl sites for hydroxylation is 1. The fourth-order valence-electron chi connectivity index (χ4n) is 5.48. The molecule has 0 amide bonds. The second kappa shape index (κ2) is 6.40. The van der Waals surface area contributed by atoms with E-state index in [-0.39, 0.29) is 16.7 Å². The molecule has 0 spiro atoms. The summed E-state index contributed by atoms with van der Waals surface area (Å²) in [5.41, 5.74) is 5.50. The summed E-state index contributed by atoms with van der Waals surface area (Å²) < 4.78 is 0. The maximum absolute atomic E-state index is 13.5. The summed E-state index contributed by atoms with van der Waals surface area (Å²) in [6.45, 7) is 11.6. The molecule has 0 N–H and O–H groups in total. The molecule has 142 valence electrons. The largest absolute Gasteiger partial charge is 0.294 e. The van der Waals surface area contributed by atoms with Crippen molar-refractivity contribution in [1.82, 2.24) is 0 Å². The van der Waals surface area contributed by atoms with Crippen LogP contribution in [0.3, 0.4) is 0 Å². The summed E-state index contributed by atoms with van der Waals surface area (Å²) in [6, 6.07) is 4.65. The van der Waals surface area contributed by atoms with Gasteiger partial charge in [-0.3, -0.25) is 4.79 Å². The second-order valence-electron chi connectivity index (χ2n) is 10.3. The molecule has 2 atom stereocenters. The Morgan fingerprint density at radius 3 is 2.08 bits per heavy atom. The smallest absolute Gasteiger partial charge is 0.166 e. The van der Waals surface area contributed by atoms with Gasteiger partial charge in [-0.1, -0.05) is 40.2 Å². The molecule has 2 heterocycles. The van der Waals surface area contributed by atoms with E-state index >= 15 is 0 Å². The van der Waals surface area contributed by atoms with Crippen molar-refractivity contribution in [2.75, 3.05) is 0 Å². The minimum atomic E-state index is 0.173. The van der Waals surface area contributed by atoms with Crippen LogP contribution in [0.2, 0.25) is 0 Å². The summed E-state index contributed by atoms with van der Waals surface area (Å²) in [5, 5.41) is 1.45. The topological polar surface area (TPSA) is 17.1 Å². The number of carbonyl (C=O) groups is 1. The van der Waals surface area contributed by atoms with Gasteiger partial charge in [-0.05, 0) is 79.0 Å². The van der Waals surface area contributed by atoms with Crippen LogP contribution < -0.4 is 0 Å². The first-order valence-electron chi connectivity index (χ1n) is 10.5. The molecule has 2 heteroatoms. The average molecular weight is 371 g/mol. The van der Waals surface area contributed by atoms with E-state index in [4.69, 9.17) is 0 Å². The van der Waals surface area contributed by atoms with Crippen LogP contribution in [0.1, 0.15) is 99.7 Å². The van der Waals surface area contributed by atoms with Gasteiger partial charge < -0.3 is 0 Å². The third-order valence-electron chi connectivity index (χ3n) is 7.37. The van der Waals surface area contributed by atoms with Gasteiger partial charge in [0.05, 0.1) is 0 Å². The Bertz CT molecular complexity index is 718. The highest BCUT2D eigenvalue weighted by atomic mass is 32.2. The van der Waals surface area contributed by atoms with E-state index in [0.29, 0.717) is 5.78 Å². The van der Waals surface area contributed by atoms with Gasteiger partial charge in [0.1, 0.15) is 0 Å². The van der Waals surface area contributed by atoms with Gasteiger partial charge in [-0.15, -0.1) is 0 Å². The predicted octanol–water partition coefficient (Wildman–Crippen LogP) is 6.59. The molecule has 1 nitrogen and oxygen atoms in total. The number of ketones is 1. The summed E-state index contributed by atoms with van der Waals surface area (Å²) in [6.07, 6.45) is 8.63. The molecule has 26 heavy (non-hydrogen) atoms. The molecule has 0 saturated carbocycles. The Balaban J connectivity index is 1.70. The summed E-state index contributed by atoms with van der Waals surface area (Å²) in [4.78, 5) is 13.5. The zero-order valence-corrected chi connectivity index (χ0v) is 18.0. The van der Waals surface area contributed by atoms with E-state index in [9.17, 15) is 4.79 Å². The minimum absolute atomic E-state index is 0.173. The van der Waals surface area contributed by atoms with Crippen LogP contribution in [0.4, 0.5) is 0 Å². The number of benzene rings is 1. The number of thioether (sulfide) groups is 1. The average Bonchev–Trinajstić information content (AvgIpc) is 2.58. The summed E-state index contributed by atoms with van der Waals surface area (Å²) in [5.74, 6) is 0.685. The van der Waals surface area contributed by atoms with Gasteiger partial charge in [0.15, 0.2) is 5.78 Å². The molecule has 2 bridgehead atoms. The molecule has 4 rings (SSSR count). The SMILES string of the molecule is Cc1cc2c(cc1C(=O)C1CC3CCCC(C1)S3)C(C)(C)CCC2(C)C. The Morgan fingerprint density at radius 2 is 1.50 bits per heavy atom. The molecule has 2 aliphatic heterocycles. The lowest BCUT2D eigenvalue weighted by Gasteiger charge is -2.42. The molecular formula is C24H34OS. The highest BCUT2D eigenvalue weighted by molar-refractivity contribution is 8.00. The minimum Gasteiger partial charge on any atom is -0.294 e. The highest BCUT2D eigenvalue weighted by Crippen LogP contribution is 2.48. The van der Waals surface area contributed by atoms with Gasteiger partial charge in [0.2, 0.25) is 0 Å². The predicted molar refractivity (Wildman–Crippen MR) is 113 cm³/mol. The van der Waals surface area contributed by atoms with Crippen molar-refractivity contribution in [3.63, 3.8) is 0 Å². The zero-order chi connectivity index (χ0) is 18.7. The summed E-state index contributed by atoms with van der Waals surface area (Å²) >= 11 is 2.16. The van der Waals surface area contributed by atoms with Gasteiger partial charge in [-0.25, -0.2) is 0 Å². The molecule has 2 saturated heterocycles. The molecule has 2 unspecified atom stereocenters. The van der Waals surface area contributed by atoms with Crippen molar-refractivity contribution < 1.29 is 4.79 Å². The van der Waals surface area contributed by atoms with Crippen LogP contribution in [-0.2, 0) is 10.8 Å². The number of hydrogen-bond acceptors (Lipinski definition) is 2. The normalized spacial score (nSPS) is 32.0. The Kier molecular flexibility index (Phi) is 4.58. The first-order chi connectivity index (χ1) is 12.2. The van der Waals surface area contributed by atoms with Crippen molar-refractivity contribution in [1.29, 1.82) is 0 Å². The second-order valence-corrected chi connectivity index (χ2v) is 11.9. The number of fused-ring (bicyclic) bond motifs is 3. The molecule has 1 aromatic carbocycles. The molecule has 0 aromatic heterocycles. The number of Topliss-reactive ketones (excluding diaryl/α,β-unsaturated/α-hetero) is 1. The van der Waals surface area contributed by atoms with Crippen molar-refractivity contribution in [2.24, 2.45) is 5.92 Å². The van der Waals surface area contributed by atoms with Gasteiger partial charge in [-0.2, -0.15) is 11.8 Å². The third-order valence-corrected chi connectivity index (χ3v) is 8.99. The molecule has 3 aliphatic rings. The van der Waals surface area contributed by atoms with E-state index in [0.717, 1.165) is 28.9 Å². The van der Waals surface area contributed by atoms with Crippen molar-refractivity contribution >= 4 is 17.5 Å². The standard InChI is InChI=1S/C24H34OS/c1-15-11-20-21(24(4,5)10-9-23(20,2)3)14-19(15)22(25)16-12-17-7-6-8-18(13-16)26-17/h11,14,16-18H,6-10,12-13H2,1-5H3. The van der Waals surface area contributed by atoms with E-state index in [1.54, 1.807) is 0 Å². The van der Waals surface area contributed by atoms with E-state index < -0.39 is 0 Å². The van der Waals surface area contributed by atoms with E-state index in [2.05, 4.69) is 58.5 Å². The van der Waals surface area contributed by atoms with Crippen molar-refractivity contribution in [3.8, 4) is 0 Å². The fraction of sp³-hybridized carbons (Fsp3) is 0.708. The Labute approximate surface area is 163 Å². The van der Waals surface area contributed by atoms with Crippen molar-refractivity contribution in [2.45, 2.75) is 101 Å². The monoisotopic (exact) mass is 370 g/mol. The fourth-order valence-corrected chi connectivity index (χ4v) is 7.32. The van der Waals surface area contributed by atoms with Crippen LogP contribution in [0.25, 0.3) is 0 Å². The molecule has 0 radical (unpaired) electrons. The molecule has 1 aromatic rings. The lowest BCUT2D eigenvalue weighted by Crippen LogP contribution is -2.35. The van der Waals surface area contributed by atoms with Gasteiger partial charge >= 0.3 is 0 Å². The summed E-state index contributed by atoms with van der Waals surface area (Å²) in [7, 11) is 0. The molecular weight excluding hydrogens is 336 g/mol. The van der Waals surface area contributed by atoms with Crippen LogP contribution >= 0.6 is 11.8 Å². The Hall–Kier alpha value is -0.760. The quantitative estimate of drug-likeness (QED) is 0.546. The maximum atomic E-state index is 13.5. The number of carbonyl (C=O) groups excluding carboxylic acids is 1. The van der Waals surface area contributed by atoms with E-state index in [1.807, 2.05) is 0 Å². The van der Waals surface area contributed by atoms with Crippen molar-refractivity contribution in [3.05, 3.63) is 34.4 Å². The number of hydrogen-bond donors (Lipinski definition) is 0. The Morgan fingerprint density at radius 1 is 0.962 bits per heavy atom. The van der Waals surface area contributed by atoms with Crippen LogP contribution in [0, 0.1) is 12.8 Å².